The van der Waals surface area contributed by atoms with Crippen LogP contribution in [0, 0.1) is 10.1 Å². The van der Waals surface area contributed by atoms with Crippen molar-refractivity contribution < 1.29 is 14.5 Å². The fourth-order valence-electron chi connectivity index (χ4n) is 3.63. The standard InChI is InChI=1S/C16H20N2O4.ClH/c1-17-12-5-6-13(17)10-15(9-12)22-16(19)8-11-3-2-4-14(7-11)18(20)21;/h2-4,7,12-13,15H,5-6,8-10H2,1H3;1H/t12-,13+,15?;. The van der Waals surface area contributed by atoms with Crippen molar-refractivity contribution in [3.63, 3.8) is 0 Å². The molecule has 7 heteroatoms. The maximum absolute atomic E-state index is 12.1. The van der Waals surface area contributed by atoms with Crippen LogP contribution in [-0.4, -0.2) is 41.0 Å². The number of halogens is 1. The lowest BCUT2D eigenvalue weighted by Crippen LogP contribution is -2.43. The number of nitro benzene ring substituents is 1. The molecule has 2 bridgehead atoms. The molecule has 2 fully saturated rings. The van der Waals surface area contributed by atoms with Crippen LogP contribution in [0.25, 0.3) is 0 Å². The number of benzene rings is 1. The van der Waals surface area contributed by atoms with Gasteiger partial charge in [0.2, 0.25) is 0 Å². The van der Waals surface area contributed by atoms with Crippen LogP contribution in [-0.2, 0) is 16.0 Å². The summed E-state index contributed by atoms with van der Waals surface area (Å²) >= 11 is 0. The number of rotatable bonds is 4. The van der Waals surface area contributed by atoms with Gasteiger partial charge in [0, 0.05) is 24.2 Å². The Morgan fingerprint density at radius 1 is 1.35 bits per heavy atom. The normalized spacial score (nSPS) is 26.4. The number of carbonyl (C=O) groups excluding carboxylic acids is 1. The number of esters is 1. The largest absolute Gasteiger partial charge is 0.462 e. The SMILES string of the molecule is CN1[C@@H]2CC[C@H]1CC(OC(=O)Cc1cccc([N+](=O)[O-])c1)C2.Cl. The molecule has 0 saturated carbocycles. The summed E-state index contributed by atoms with van der Waals surface area (Å²) in [5.41, 5.74) is 0.623. The highest BCUT2D eigenvalue weighted by Crippen LogP contribution is 2.35. The van der Waals surface area contributed by atoms with Crippen LogP contribution < -0.4 is 0 Å². The molecule has 6 nitrogen and oxygen atoms in total. The summed E-state index contributed by atoms with van der Waals surface area (Å²) in [5, 5.41) is 10.8. The number of nitro groups is 1. The van der Waals surface area contributed by atoms with Crippen LogP contribution in [0.2, 0.25) is 0 Å². The number of ether oxygens (including phenoxy) is 1. The summed E-state index contributed by atoms with van der Waals surface area (Å²) in [5.74, 6) is -0.297. The number of nitrogens with zero attached hydrogens (tertiary/aromatic N) is 2. The first-order valence-electron chi connectivity index (χ1n) is 7.67. The van der Waals surface area contributed by atoms with Crippen molar-refractivity contribution in [2.24, 2.45) is 0 Å². The van der Waals surface area contributed by atoms with Gasteiger partial charge < -0.3 is 9.64 Å². The molecule has 0 aliphatic carbocycles. The van der Waals surface area contributed by atoms with E-state index in [0.717, 1.165) is 12.8 Å². The summed E-state index contributed by atoms with van der Waals surface area (Å²) in [6.45, 7) is 0. The van der Waals surface area contributed by atoms with Crippen molar-refractivity contribution in [1.29, 1.82) is 0 Å². The van der Waals surface area contributed by atoms with Gasteiger partial charge >= 0.3 is 5.97 Å². The Bertz CT molecular complexity index is 581. The number of piperidine rings is 1. The third-order valence-electron chi connectivity index (χ3n) is 4.82. The molecule has 0 N–H and O–H groups in total. The lowest BCUT2D eigenvalue weighted by molar-refractivity contribution is -0.384. The number of fused-ring (bicyclic) bond motifs is 2. The van der Waals surface area contributed by atoms with Crippen molar-refractivity contribution in [2.75, 3.05) is 7.05 Å². The average Bonchev–Trinajstić information content (AvgIpc) is 2.70. The van der Waals surface area contributed by atoms with Gasteiger partial charge in [0.15, 0.2) is 0 Å². The van der Waals surface area contributed by atoms with E-state index in [9.17, 15) is 14.9 Å². The van der Waals surface area contributed by atoms with E-state index in [1.165, 1.54) is 25.0 Å². The van der Waals surface area contributed by atoms with Gasteiger partial charge in [0.1, 0.15) is 6.10 Å². The molecule has 0 spiro atoms. The molecule has 3 atom stereocenters. The van der Waals surface area contributed by atoms with Gasteiger partial charge in [-0.25, -0.2) is 0 Å². The molecule has 2 aliphatic heterocycles. The van der Waals surface area contributed by atoms with Gasteiger partial charge in [-0.05, 0) is 38.3 Å². The van der Waals surface area contributed by atoms with Crippen LogP contribution in [0.4, 0.5) is 5.69 Å². The first-order valence-corrected chi connectivity index (χ1v) is 7.67. The summed E-state index contributed by atoms with van der Waals surface area (Å²) in [6, 6.07) is 7.20. The third-order valence-corrected chi connectivity index (χ3v) is 4.82. The van der Waals surface area contributed by atoms with Gasteiger partial charge in [-0.3, -0.25) is 14.9 Å². The quantitative estimate of drug-likeness (QED) is 0.478. The summed E-state index contributed by atoms with van der Waals surface area (Å²) in [6.07, 6.45) is 4.23. The van der Waals surface area contributed by atoms with Crippen molar-refractivity contribution in [3.8, 4) is 0 Å². The van der Waals surface area contributed by atoms with E-state index in [0.29, 0.717) is 17.6 Å². The Hall–Kier alpha value is -1.66. The molecule has 1 aromatic carbocycles. The summed E-state index contributed by atoms with van der Waals surface area (Å²) in [7, 11) is 2.14. The lowest BCUT2D eigenvalue weighted by Gasteiger charge is -2.35. The van der Waals surface area contributed by atoms with E-state index >= 15 is 0 Å². The average molecular weight is 341 g/mol. The minimum absolute atomic E-state index is 0. The van der Waals surface area contributed by atoms with Crippen LogP contribution in [0.1, 0.15) is 31.2 Å². The maximum Gasteiger partial charge on any atom is 0.310 e. The second kappa shape index (κ2) is 7.27. The van der Waals surface area contributed by atoms with Crippen molar-refractivity contribution in [1.82, 2.24) is 4.90 Å². The molecule has 2 saturated heterocycles. The molecule has 1 unspecified atom stereocenters. The molecular weight excluding hydrogens is 320 g/mol. The third kappa shape index (κ3) is 4.00. The summed E-state index contributed by atoms with van der Waals surface area (Å²) < 4.78 is 5.59. The highest BCUT2D eigenvalue weighted by molar-refractivity contribution is 5.85. The molecule has 0 radical (unpaired) electrons. The van der Waals surface area contributed by atoms with E-state index in [-0.39, 0.29) is 36.6 Å². The van der Waals surface area contributed by atoms with Crippen LogP contribution in [0.15, 0.2) is 24.3 Å². The van der Waals surface area contributed by atoms with Crippen LogP contribution in [0.5, 0.6) is 0 Å². The minimum atomic E-state index is -0.455. The van der Waals surface area contributed by atoms with E-state index in [2.05, 4.69) is 11.9 Å². The second-order valence-corrected chi connectivity index (χ2v) is 6.24. The molecule has 3 rings (SSSR count). The highest BCUT2D eigenvalue weighted by Gasteiger charge is 2.39. The minimum Gasteiger partial charge on any atom is -0.462 e. The van der Waals surface area contributed by atoms with E-state index < -0.39 is 4.92 Å². The fourth-order valence-corrected chi connectivity index (χ4v) is 3.63. The Labute approximate surface area is 141 Å². The topological polar surface area (TPSA) is 72.7 Å². The Morgan fingerprint density at radius 3 is 2.61 bits per heavy atom. The van der Waals surface area contributed by atoms with Gasteiger partial charge in [0.05, 0.1) is 11.3 Å². The molecule has 23 heavy (non-hydrogen) atoms. The van der Waals surface area contributed by atoms with Gasteiger partial charge in [-0.2, -0.15) is 0 Å². The predicted molar refractivity (Wildman–Crippen MR) is 87.7 cm³/mol. The number of hydrogen-bond donors (Lipinski definition) is 0. The zero-order chi connectivity index (χ0) is 15.7. The van der Waals surface area contributed by atoms with Crippen molar-refractivity contribution in [3.05, 3.63) is 39.9 Å². The van der Waals surface area contributed by atoms with Crippen molar-refractivity contribution in [2.45, 2.75) is 50.3 Å². The molecule has 0 aromatic heterocycles. The molecule has 2 heterocycles. The maximum atomic E-state index is 12.1. The van der Waals surface area contributed by atoms with Crippen LogP contribution in [0.3, 0.4) is 0 Å². The van der Waals surface area contributed by atoms with E-state index in [4.69, 9.17) is 4.74 Å². The molecule has 126 valence electrons. The first kappa shape index (κ1) is 17.7. The Balaban J connectivity index is 0.00000192. The van der Waals surface area contributed by atoms with E-state index in [1.807, 2.05) is 0 Å². The zero-order valence-electron chi connectivity index (χ0n) is 13.0. The number of hydrogen-bond acceptors (Lipinski definition) is 5. The molecule has 0 amide bonds. The number of non-ortho nitro benzene ring substituents is 1. The van der Waals surface area contributed by atoms with Crippen LogP contribution >= 0.6 is 12.4 Å². The van der Waals surface area contributed by atoms with Crippen molar-refractivity contribution >= 4 is 24.1 Å². The first-order chi connectivity index (χ1) is 10.5. The van der Waals surface area contributed by atoms with E-state index in [1.54, 1.807) is 12.1 Å². The smallest absolute Gasteiger partial charge is 0.310 e. The Kier molecular flexibility index (Phi) is 5.59. The Morgan fingerprint density at radius 2 is 2.00 bits per heavy atom. The summed E-state index contributed by atoms with van der Waals surface area (Å²) in [4.78, 5) is 24.8. The molecule has 2 aliphatic rings. The zero-order valence-corrected chi connectivity index (χ0v) is 13.8. The fraction of sp³-hybridized carbons (Fsp3) is 0.562. The predicted octanol–water partition coefficient (Wildman–Crippen LogP) is 2.73. The van der Waals surface area contributed by atoms with Gasteiger partial charge in [0.25, 0.3) is 5.69 Å². The highest BCUT2D eigenvalue weighted by atomic mass is 35.5. The molecule has 1 aromatic rings. The number of carbonyl (C=O) groups is 1. The molecular formula is C16H21ClN2O4. The van der Waals surface area contributed by atoms with Gasteiger partial charge in [-0.1, -0.05) is 12.1 Å². The second-order valence-electron chi connectivity index (χ2n) is 6.24. The van der Waals surface area contributed by atoms with Gasteiger partial charge in [-0.15, -0.1) is 12.4 Å². The lowest BCUT2D eigenvalue weighted by atomic mass is 10.0. The monoisotopic (exact) mass is 340 g/mol.